The van der Waals surface area contributed by atoms with Crippen LogP contribution >= 0.6 is 15.9 Å². The molecule has 2 aromatic rings. The number of sulfonamides is 1. The van der Waals surface area contributed by atoms with Crippen molar-refractivity contribution in [3.8, 4) is 0 Å². The number of piperazine rings is 1. The van der Waals surface area contributed by atoms with Gasteiger partial charge in [0.25, 0.3) is 15.9 Å². The van der Waals surface area contributed by atoms with Crippen molar-refractivity contribution in [2.45, 2.75) is 18.7 Å². The second-order valence-corrected chi connectivity index (χ2v) is 9.47. The number of halogens is 1. The number of pyridine rings is 1. The topological polar surface area (TPSA) is 94.6 Å². The summed E-state index contributed by atoms with van der Waals surface area (Å²) in [6.45, 7) is 8.03. The van der Waals surface area contributed by atoms with Crippen LogP contribution in [0.5, 0.6) is 0 Å². The van der Waals surface area contributed by atoms with E-state index < -0.39 is 10.0 Å². The van der Waals surface area contributed by atoms with Crippen LogP contribution in [0.3, 0.4) is 0 Å². The number of rotatable bonds is 7. The van der Waals surface area contributed by atoms with Gasteiger partial charge in [-0.15, -0.1) is 0 Å². The Bertz CT molecular complexity index is 988. The van der Waals surface area contributed by atoms with Crippen LogP contribution in [0.2, 0.25) is 0 Å². The molecule has 3 rings (SSSR count). The van der Waals surface area contributed by atoms with E-state index in [4.69, 9.17) is 0 Å². The van der Waals surface area contributed by atoms with E-state index in [0.717, 1.165) is 30.7 Å². The number of benzene rings is 1. The molecule has 162 valence electrons. The van der Waals surface area contributed by atoms with Crippen LogP contribution in [0, 0.1) is 0 Å². The van der Waals surface area contributed by atoms with Crippen molar-refractivity contribution in [1.82, 2.24) is 15.2 Å². The number of nitrogens with zero attached hydrogens (tertiary/aromatic N) is 3. The Morgan fingerprint density at radius 1 is 1.20 bits per heavy atom. The summed E-state index contributed by atoms with van der Waals surface area (Å²) in [4.78, 5) is 21.5. The van der Waals surface area contributed by atoms with E-state index in [1.165, 1.54) is 18.3 Å². The first-order valence-electron chi connectivity index (χ1n) is 9.89. The first-order valence-corrected chi connectivity index (χ1v) is 12.2. The monoisotopic (exact) mass is 495 g/mol. The van der Waals surface area contributed by atoms with Crippen molar-refractivity contribution in [3.63, 3.8) is 0 Å². The lowest BCUT2D eigenvalue weighted by atomic mass is 10.1. The van der Waals surface area contributed by atoms with Gasteiger partial charge in [-0.3, -0.25) is 9.52 Å². The maximum absolute atomic E-state index is 13.2. The zero-order valence-electron chi connectivity index (χ0n) is 17.1. The molecule has 2 N–H and O–H groups in total. The lowest BCUT2D eigenvalue weighted by Crippen LogP contribution is -2.45. The standard InChI is InChI=1S/C20H26BrN5O3S/c1-3-25(4-2)20(27)18-13-16(14-23-19(18)26-11-9-22-10-12-26)24-30(28,29)17-7-5-15(21)6-8-17/h5-8,13-14,22,24H,3-4,9-12H2,1-2H3. The summed E-state index contributed by atoms with van der Waals surface area (Å²) in [5.74, 6) is 0.422. The minimum Gasteiger partial charge on any atom is -0.353 e. The molecule has 30 heavy (non-hydrogen) atoms. The zero-order valence-corrected chi connectivity index (χ0v) is 19.5. The summed E-state index contributed by atoms with van der Waals surface area (Å²) in [5.41, 5.74) is 0.656. The lowest BCUT2D eigenvalue weighted by molar-refractivity contribution is 0.0773. The number of hydrogen-bond donors (Lipinski definition) is 2. The second-order valence-electron chi connectivity index (χ2n) is 6.87. The number of carbonyl (C=O) groups excluding carboxylic acids is 1. The summed E-state index contributed by atoms with van der Waals surface area (Å²) >= 11 is 3.30. The molecule has 1 aliphatic heterocycles. The van der Waals surface area contributed by atoms with Crippen molar-refractivity contribution >= 4 is 43.4 Å². The molecule has 0 radical (unpaired) electrons. The second kappa shape index (κ2) is 9.76. The van der Waals surface area contributed by atoms with Gasteiger partial charge in [0.2, 0.25) is 0 Å². The maximum atomic E-state index is 13.2. The van der Waals surface area contributed by atoms with E-state index in [0.29, 0.717) is 24.5 Å². The highest BCUT2D eigenvalue weighted by atomic mass is 79.9. The van der Waals surface area contributed by atoms with Gasteiger partial charge in [0.1, 0.15) is 5.82 Å². The Labute approximate surface area is 185 Å². The van der Waals surface area contributed by atoms with E-state index >= 15 is 0 Å². The highest BCUT2D eigenvalue weighted by Crippen LogP contribution is 2.25. The minimum atomic E-state index is -3.80. The van der Waals surface area contributed by atoms with E-state index in [1.807, 2.05) is 13.8 Å². The number of amides is 1. The van der Waals surface area contributed by atoms with Gasteiger partial charge in [0.15, 0.2) is 0 Å². The molecule has 0 unspecified atom stereocenters. The average molecular weight is 496 g/mol. The minimum absolute atomic E-state index is 0.133. The fourth-order valence-corrected chi connectivity index (χ4v) is 4.61. The van der Waals surface area contributed by atoms with Gasteiger partial charge in [0, 0.05) is 43.7 Å². The number of anilines is 2. The van der Waals surface area contributed by atoms with Crippen molar-refractivity contribution in [2.75, 3.05) is 48.9 Å². The van der Waals surface area contributed by atoms with E-state index in [-0.39, 0.29) is 16.5 Å². The summed E-state index contributed by atoms with van der Waals surface area (Å²) in [6, 6.07) is 7.93. The van der Waals surface area contributed by atoms with Gasteiger partial charge in [0.05, 0.1) is 22.3 Å². The van der Waals surface area contributed by atoms with E-state index in [9.17, 15) is 13.2 Å². The molecule has 1 aromatic carbocycles. The Hall–Kier alpha value is -2.17. The normalized spacial score (nSPS) is 14.4. The Kier molecular flexibility index (Phi) is 7.32. The molecule has 0 saturated carbocycles. The molecule has 1 fully saturated rings. The van der Waals surface area contributed by atoms with Gasteiger partial charge < -0.3 is 15.1 Å². The van der Waals surface area contributed by atoms with Crippen molar-refractivity contribution in [2.24, 2.45) is 0 Å². The number of aromatic nitrogens is 1. The van der Waals surface area contributed by atoms with Crippen LogP contribution in [-0.4, -0.2) is 63.5 Å². The first kappa shape index (κ1) is 22.5. The molecule has 1 saturated heterocycles. The van der Waals surface area contributed by atoms with Crippen LogP contribution in [0.4, 0.5) is 11.5 Å². The third-order valence-corrected chi connectivity index (χ3v) is 6.87. The van der Waals surface area contributed by atoms with Gasteiger partial charge in [-0.1, -0.05) is 15.9 Å². The van der Waals surface area contributed by atoms with Gasteiger partial charge in [-0.05, 0) is 44.2 Å². The van der Waals surface area contributed by atoms with Crippen LogP contribution < -0.4 is 14.9 Å². The molecule has 8 nitrogen and oxygen atoms in total. The molecule has 0 spiro atoms. The maximum Gasteiger partial charge on any atom is 0.261 e. The van der Waals surface area contributed by atoms with Crippen molar-refractivity contribution in [3.05, 3.63) is 46.6 Å². The summed E-state index contributed by atoms with van der Waals surface area (Å²) in [5, 5.41) is 3.28. The fraction of sp³-hybridized carbons (Fsp3) is 0.400. The molecule has 1 aliphatic rings. The third-order valence-electron chi connectivity index (χ3n) is 4.94. The summed E-state index contributed by atoms with van der Waals surface area (Å²) < 4.78 is 28.9. The molecule has 0 atom stereocenters. The lowest BCUT2D eigenvalue weighted by Gasteiger charge is -2.31. The Morgan fingerprint density at radius 2 is 1.83 bits per heavy atom. The molecule has 10 heteroatoms. The smallest absolute Gasteiger partial charge is 0.261 e. The largest absolute Gasteiger partial charge is 0.353 e. The summed E-state index contributed by atoms with van der Waals surface area (Å²) in [7, 11) is -3.80. The highest BCUT2D eigenvalue weighted by molar-refractivity contribution is 9.10. The predicted molar refractivity (Wildman–Crippen MR) is 122 cm³/mol. The van der Waals surface area contributed by atoms with E-state index in [1.54, 1.807) is 23.1 Å². The van der Waals surface area contributed by atoms with Gasteiger partial charge >= 0.3 is 0 Å². The third kappa shape index (κ3) is 5.11. The Balaban J connectivity index is 1.96. The first-order chi connectivity index (χ1) is 14.4. The van der Waals surface area contributed by atoms with Gasteiger partial charge in [-0.2, -0.15) is 0 Å². The van der Waals surface area contributed by atoms with Crippen molar-refractivity contribution < 1.29 is 13.2 Å². The molecule has 0 bridgehead atoms. The number of hydrogen-bond acceptors (Lipinski definition) is 6. The molecule has 0 aliphatic carbocycles. The van der Waals surface area contributed by atoms with Crippen LogP contribution in [-0.2, 0) is 10.0 Å². The zero-order chi connectivity index (χ0) is 21.7. The highest BCUT2D eigenvalue weighted by Gasteiger charge is 2.24. The SMILES string of the molecule is CCN(CC)C(=O)c1cc(NS(=O)(=O)c2ccc(Br)cc2)cnc1N1CCNCC1. The number of nitrogens with one attached hydrogen (secondary N) is 2. The quantitative estimate of drug-likeness (QED) is 0.612. The molecule has 1 amide bonds. The van der Waals surface area contributed by atoms with Crippen LogP contribution in [0.15, 0.2) is 45.9 Å². The van der Waals surface area contributed by atoms with Crippen LogP contribution in [0.25, 0.3) is 0 Å². The predicted octanol–water partition coefficient (Wildman–Crippen LogP) is 2.54. The average Bonchev–Trinajstić information content (AvgIpc) is 2.75. The molecular formula is C20H26BrN5O3S. The van der Waals surface area contributed by atoms with E-state index in [2.05, 4.69) is 35.9 Å². The fourth-order valence-electron chi connectivity index (χ4n) is 3.31. The van der Waals surface area contributed by atoms with Crippen LogP contribution in [0.1, 0.15) is 24.2 Å². The van der Waals surface area contributed by atoms with Crippen molar-refractivity contribution in [1.29, 1.82) is 0 Å². The van der Waals surface area contributed by atoms with Gasteiger partial charge in [-0.25, -0.2) is 13.4 Å². The Morgan fingerprint density at radius 3 is 2.43 bits per heavy atom. The molecule has 1 aromatic heterocycles. The number of carbonyl (C=O) groups is 1. The molecular weight excluding hydrogens is 470 g/mol. The summed E-state index contributed by atoms with van der Waals surface area (Å²) in [6.07, 6.45) is 1.47. The molecule has 2 heterocycles.